The summed E-state index contributed by atoms with van der Waals surface area (Å²) in [6, 6.07) is 0.129. The topological polar surface area (TPSA) is 98.2 Å². The molecule has 19 heavy (non-hydrogen) atoms. The molecule has 0 aromatic carbocycles. The van der Waals surface area contributed by atoms with Gasteiger partial charge in [0.25, 0.3) is 0 Å². The third-order valence-electron chi connectivity index (χ3n) is 4.64. The van der Waals surface area contributed by atoms with Gasteiger partial charge in [0.05, 0.1) is 5.41 Å². The Morgan fingerprint density at radius 1 is 1.05 bits per heavy atom. The standard InChI is InChI=1S/C14H27N3O2/c1-13(2,14(3,4)16)12(19)17-10-7-5-9(6-8-10)11(15)18/h9-10H,5-8,16H2,1-4H3,(H2,15,18)(H,17,19). The van der Waals surface area contributed by atoms with Gasteiger partial charge in [-0.25, -0.2) is 0 Å². The number of carbonyl (C=O) groups is 2. The lowest BCUT2D eigenvalue weighted by atomic mass is 9.74. The fraction of sp³-hybridized carbons (Fsp3) is 0.857. The number of nitrogens with two attached hydrogens (primary N) is 2. The fourth-order valence-corrected chi connectivity index (χ4v) is 2.18. The Kier molecular flexibility index (Phi) is 4.61. The van der Waals surface area contributed by atoms with Gasteiger partial charge < -0.3 is 16.8 Å². The first-order chi connectivity index (χ1) is 8.55. The van der Waals surface area contributed by atoms with Crippen molar-refractivity contribution in [1.82, 2.24) is 5.32 Å². The first-order valence-corrected chi connectivity index (χ1v) is 6.95. The van der Waals surface area contributed by atoms with Crippen molar-refractivity contribution in [3.8, 4) is 0 Å². The molecule has 0 saturated heterocycles. The van der Waals surface area contributed by atoms with Crippen molar-refractivity contribution >= 4 is 11.8 Å². The van der Waals surface area contributed by atoms with Gasteiger partial charge in [0.2, 0.25) is 11.8 Å². The Morgan fingerprint density at radius 3 is 1.89 bits per heavy atom. The van der Waals surface area contributed by atoms with E-state index in [9.17, 15) is 9.59 Å². The van der Waals surface area contributed by atoms with Gasteiger partial charge in [0, 0.05) is 17.5 Å². The van der Waals surface area contributed by atoms with Crippen LogP contribution in [0.5, 0.6) is 0 Å². The molecular formula is C14H27N3O2. The number of amides is 2. The summed E-state index contributed by atoms with van der Waals surface area (Å²) in [5.41, 5.74) is 10.1. The van der Waals surface area contributed by atoms with E-state index in [1.165, 1.54) is 0 Å². The molecule has 1 rings (SSSR count). The summed E-state index contributed by atoms with van der Waals surface area (Å²) in [6.07, 6.45) is 3.13. The summed E-state index contributed by atoms with van der Waals surface area (Å²) in [5, 5.41) is 3.05. The highest BCUT2D eigenvalue weighted by Gasteiger charge is 2.41. The number of carbonyl (C=O) groups excluding carboxylic acids is 2. The molecule has 5 nitrogen and oxygen atoms in total. The zero-order valence-electron chi connectivity index (χ0n) is 12.5. The van der Waals surface area contributed by atoms with Crippen LogP contribution < -0.4 is 16.8 Å². The first-order valence-electron chi connectivity index (χ1n) is 6.95. The van der Waals surface area contributed by atoms with Crippen LogP contribution in [0.15, 0.2) is 0 Å². The lowest BCUT2D eigenvalue weighted by Crippen LogP contribution is -2.57. The lowest BCUT2D eigenvalue weighted by Gasteiger charge is -2.39. The van der Waals surface area contributed by atoms with Crippen LogP contribution >= 0.6 is 0 Å². The van der Waals surface area contributed by atoms with Crippen LogP contribution in [0.2, 0.25) is 0 Å². The molecule has 2 amide bonds. The predicted octanol–water partition coefficient (Wildman–Crippen LogP) is 0.910. The summed E-state index contributed by atoms with van der Waals surface area (Å²) in [5.74, 6) is -0.289. The van der Waals surface area contributed by atoms with Crippen molar-refractivity contribution in [1.29, 1.82) is 0 Å². The van der Waals surface area contributed by atoms with Crippen LogP contribution in [0.25, 0.3) is 0 Å². The van der Waals surface area contributed by atoms with E-state index >= 15 is 0 Å². The molecule has 1 aliphatic carbocycles. The second-order valence-corrected chi connectivity index (χ2v) is 6.77. The molecule has 0 atom stereocenters. The van der Waals surface area contributed by atoms with Gasteiger partial charge in [-0.2, -0.15) is 0 Å². The summed E-state index contributed by atoms with van der Waals surface area (Å²) in [7, 11) is 0. The van der Waals surface area contributed by atoms with Gasteiger partial charge in [-0.3, -0.25) is 9.59 Å². The predicted molar refractivity (Wildman–Crippen MR) is 75.1 cm³/mol. The second kappa shape index (κ2) is 5.49. The van der Waals surface area contributed by atoms with Crippen LogP contribution in [0, 0.1) is 11.3 Å². The van der Waals surface area contributed by atoms with Crippen molar-refractivity contribution in [2.45, 2.75) is 65.0 Å². The molecule has 0 heterocycles. The molecule has 1 fully saturated rings. The Bertz CT molecular complexity index is 350. The highest BCUT2D eigenvalue weighted by atomic mass is 16.2. The Labute approximate surface area is 115 Å². The quantitative estimate of drug-likeness (QED) is 0.707. The Balaban J connectivity index is 2.54. The molecule has 5 N–H and O–H groups in total. The van der Waals surface area contributed by atoms with Crippen molar-refractivity contribution in [2.24, 2.45) is 22.8 Å². The van der Waals surface area contributed by atoms with Crippen LogP contribution in [-0.4, -0.2) is 23.4 Å². The molecule has 0 bridgehead atoms. The van der Waals surface area contributed by atoms with E-state index in [1.807, 2.05) is 27.7 Å². The fourth-order valence-electron chi connectivity index (χ4n) is 2.18. The van der Waals surface area contributed by atoms with Gasteiger partial charge in [0.1, 0.15) is 0 Å². The van der Waals surface area contributed by atoms with E-state index in [2.05, 4.69) is 5.32 Å². The molecule has 0 radical (unpaired) electrons. The van der Waals surface area contributed by atoms with E-state index < -0.39 is 11.0 Å². The van der Waals surface area contributed by atoms with Crippen molar-refractivity contribution in [3.63, 3.8) is 0 Å². The molecule has 0 aromatic heterocycles. The zero-order valence-corrected chi connectivity index (χ0v) is 12.5. The Morgan fingerprint density at radius 2 is 1.53 bits per heavy atom. The minimum absolute atomic E-state index is 0.0254. The molecule has 0 unspecified atom stereocenters. The number of primary amides is 1. The van der Waals surface area contributed by atoms with E-state index in [-0.39, 0.29) is 23.8 Å². The molecule has 0 aromatic rings. The number of nitrogens with one attached hydrogen (secondary N) is 1. The third kappa shape index (κ3) is 3.69. The highest BCUT2D eigenvalue weighted by molar-refractivity contribution is 5.83. The number of hydrogen-bond donors (Lipinski definition) is 3. The second-order valence-electron chi connectivity index (χ2n) is 6.77. The van der Waals surface area contributed by atoms with Gasteiger partial charge in [-0.1, -0.05) is 0 Å². The van der Waals surface area contributed by atoms with Gasteiger partial charge in [-0.15, -0.1) is 0 Å². The van der Waals surface area contributed by atoms with E-state index in [0.29, 0.717) is 0 Å². The summed E-state index contributed by atoms with van der Waals surface area (Å²) < 4.78 is 0. The minimum Gasteiger partial charge on any atom is -0.369 e. The normalized spacial score (nSPS) is 24.9. The van der Waals surface area contributed by atoms with E-state index in [0.717, 1.165) is 25.7 Å². The molecule has 1 aliphatic rings. The average Bonchev–Trinajstić information content (AvgIpc) is 2.28. The zero-order chi connectivity index (χ0) is 14.8. The van der Waals surface area contributed by atoms with Crippen LogP contribution in [0.4, 0.5) is 0 Å². The summed E-state index contributed by atoms with van der Waals surface area (Å²) >= 11 is 0. The molecule has 5 heteroatoms. The summed E-state index contributed by atoms with van der Waals surface area (Å²) in [4.78, 5) is 23.4. The lowest BCUT2D eigenvalue weighted by molar-refractivity contribution is -0.133. The largest absolute Gasteiger partial charge is 0.369 e. The molecule has 0 aliphatic heterocycles. The highest BCUT2D eigenvalue weighted by Crippen LogP contribution is 2.30. The van der Waals surface area contributed by atoms with Crippen molar-refractivity contribution in [3.05, 3.63) is 0 Å². The van der Waals surface area contributed by atoms with E-state index in [4.69, 9.17) is 11.5 Å². The van der Waals surface area contributed by atoms with Crippen molar-refractivity contribution < 1.29 is 9.59 Å². The maximum atomic E-state index is 12.3. The van der Waals surface area contributed by atoms with Gasteiger partial charge in [-0.05, 0) is 53.4 Å². The average molecular weight is 269 g/mol. The SMILES string of the molecule is CC(C)(N)C(C)(C)C(=O)NC1CCC(C(N)=O)CC1. The van der Waals surface area contributed by atoms with Crippen LogP contribution in [0.1, 0.15) is 53.4 Å². The molecule has 0 spiro atoms. The van der Waals surface area contributed by atoms with Gasteiger partial charge in [0.15, 0.2) is 0 Å². The smallest absolute Gasteiger partial charge is 0.227 e. The van der Waals surface area contributed by atoms with Crippen LogP contribution in [0.3, 0.4) is 0 Å². The molecular weight excluding hydrogens is 242 g/mol. The summed E-state index contributed by atoms with van der Waals surface area (Å²) in [6.45, 7) is 7.43. The first kappa shape index (κ1) is 16.0. The third-order valence-corrected chi connectivity index (χ3v) is 4.64. The number of rotatable bonds is 4. The van der Waals surface area contributed by atoms with E-state index in [1.54, 1.807) is 0 Å². The van der Waals surface area contributed by atoms with Crippen molar-refractivity contribution in [2.75, 3.05) is 0 Å². The maximum Gasteiger partial charge on any atom is 0.227 e. The Hall–Kier alpha value is -1.10. The maximum absolute atomic E-state index is 12.3. The monoisotopic (exact) mass is 269 g/mol. The minimum atomic E-state index is -0.631. The molecule has 110 valence electrons. The van der Waals surface area contributed by atoms with Crippen LogP contribution in [-0.2, 0) is 9.59 Å². The molecule has 1 saturated carbocycles. The number of hydrogen-bond acceptors (Lipinski definition) is 3. The van der Waals surface area contributed by atoms with Gasteiger partial charge >= 0.3 is 0 Å².